The van der Waals surface area contributed by atoms with Crippen molar-refractivity contribution in [3.8, 4) is 0 Å². The normalized spacial score (nSPS) is 11.8. The van der Waals surface area contributed by atoms with Crippen LogP contribution >= 0.6 is 0 Å². The molecule has 0 spiro atoms. The van der Waals surface area contributed by atoms with Crippen molar-refractivity contribution in [1.29, 1.82) is 0 Å². The summed E-state index contributed by atoms with van der Waals surface area (Å²) >= 11 is 0. The SMILES string of the molecule is C=C(C)/C(C=O)=C\CCC(C)C. The van der Waals surface area contributed by atoms with E-state index in [1.165, 1.54) is 0 Å². The Labute approximate surface area is 75.2 Å². The lowest BCUT2D eigenvalue weighted by Gasteiger charge is -2.01. The molecular weight excluding hydrogens is 148 g/mol. The maximum absolute atomic E-state index is 10.5. The molecule has 0 aliphatic heterocycles. The molecule has 12 heavy (non-hydrogen) atoms. The fraction of sp³-hybridized carbons (Fsp3) is 0.545. The molecule has 0 saturated carbocycles. The van der Waals surface area contributed by atoms with Crippen molar-refractivity contribution in [3.63, 3.8) is 0 Å². The lowest BCUT2D eigenvalue weighted by atomic mass is 10.0. The van der Waals surface area contributed by atoms with E-state index in [2.05, 4.69) is 20.4 Å². The molecule has 0 atom stereocenters. The first kappa shape index (κ1) is 11.2. The Morgan fingerprint density at radius 3 is 2.42 bits per heavy atom. The second-order valence-electron chi connectivity index (χ2n) is 3.53. The van der Waals surface area contributed by atoms with E-state index in [9.17, 15) is 4.79 Å². The molecule has 0 bridgehead atoms. The summed E-state index contributed by atoms with van der Waals surface area (Å²) in [6.45, 7) is 9.93. The van der Waals surface area contributed by atoms with Crippen LogP contribution in [0.15, 0.2) is 23.8 Å². The lowest BCUT2D eigenvalue weighted by Crippen LogP contribution is -1.88. The van der Waals surface area contributed by atoms with Crippen molar-refractivity contribution in [2.45, 2.75) is 33.6 Å². The molecule has 0 aliphatic rings. The number of aldehydes is 1. The summed E-state index contributed by atoms with van der Waals surface area (Å²) in [7, 11) is 0. The molecule has 0 N–H and O–H groups in total. The fourth-order valence-electron chi connectivity index (χ4n) is 0.895. The van der Waals surface area contributed by atoms with Gasteiger partial charge in [-0.2, -0.15) is 0 Å². The van der Waals surface area contributed by atoms with E-state index < -0.39 is 0 Å². The van der Waals surface area contributed by atoms with Crippen LogP contribution in [0.25, 0.3) is 0 Å². The van der Waals surface area contributed by atoms with Gasteiger partial charge in [0.15, 0.2) is 0 Å². The Balaban J connectivity index is 3.95. The van der Waals surface area contributed by atoms with E-state index in [1.807, 2.05) is 13.0 Å². The number of allylic oxidation sites excluding steroid dienone is 3. The molecule has 0 radical (unpaired) electrons. The molecular formula is C11H18O. The molecule has 0 fully saturated rings. The van der Waals surface area contributed by atoms with Crippen molar-refractivity contribution in [1.82, 2.24) is 0 Å². The molecule has 1 nitrogen and oxygen atoms in total. The summed E-state index contributed by atoms with van der Waals surface area (Å²) in [6.07, 6.45) is 4.95. The summed E-state index contributed by atoms with van der Waals surface area (Å²) in [5.74, 6) is 0.694. The van der Waals surface area contributed by atoms with E-state index in [1.54, 1.807) is 0 Å². The van der Waals surface area contributed by atoms with Crippen molar-refractivity contribution < 1.29 is 4.79 Å². The first-order valence-electron chi connectivity index (χ1n) is 4.39. The van der Waals surface area contributed by atoms with E-state index >= 15 is 0 Å². The van der Waals surface area contributed by atoms with Crippen LogP contribution in [0.2, 0.25) is 0 Å². The summed E-state index contributed by atoms with van der Waals surface area (Å²) < 4.78 is 0. The Hall–Kier alpha value is -0.850. The molecule has 0 aromatic heterocycles. The van der Waals surface area contributed by atoms with Crippen LogP contribution in [0.5, 0.6) is 0 Å². The number of rotatable bonds is 5. The quantitative estimate of drug-likeness (QED) is 0.348. The van der Waals surface area contributed by atoms with Gasteiger partial charge in [-0.1, -0.05) is 26.5 Å². The molecule has 68 valence electrons. The summed E-state index contributed by atoms with van der Waals surface area (Å²) in [5.41, 5.74) is 1.60. The predicted molar refractivity (Wildman–Crippen MR) is 53.0 cm³/mol. The first-order chi connectivity index (χ1) is 5.57. The first-order valence-corrected chi connectivity index (χ1v) is 4.39. The second-order valence-corrected chi connectivity index (χ2v) is 3.53. The monoisotopic (exact) mass is 166 g/mol. The van der Waals surface area contributed by atoms with Crippen molar-refractivity contribution in [2.75, 3.05) is 0 Å². The van der Waals surface area contributed by atoms with Gasteiger partial charge in [0.25, 0.3) is 0 Å². The lowest BCUT2D eigenvalue weighted by molar-refractivity contribution is -0.104. The van der Waals surface area contributed by atoms with Gasteiger partial charge in [0, 0.05) is 5.57 Å². The minimum absolute atomic E-state index is 0.694. The Morgan fingerprint density at radius 2 is 2.08 bits per heavy atom. The summed E-state index contributed by atoms with van der Waals surface area (Å²) in [4.78, 5) is 10.5. The van der Waals surface area contributed by atoms with E-state index in [-0.39, 0.29) is 0 Å². The van der Waals surface area contributed by atoms with Gasteiger partial charge in [-0.3, -0.25) is 4.79 Å². The smallest absolute Gasteiger partial charge is 0.149 e. The van der Waals surface area contributed by atoms with E-state index in [0.29, 0.717) is 5.92 Å². The van der Waals surface area contributed by atoms with Gasteiger partial charge >= 0.3 is 0 Å². The number of carbonyl (C=O) groups excluding carboxylic acids is 1. The van der Waals surface area contributed by atoms with Gasteiger partial charge < -0.3 is 0 Å². The average molecular weight is 166 g/mol. The standard InChI is InChI=1S/C11H18O/c1-9(2)6-5-7-11(8-12)10(3)4/h7-9H,3,5-6H2,1-2,4H3/b11-7-. The zero-order valence-electron chi connectivity index (χ0n) is 8.26. The minimum atomic E-state index is 0.694. The van der Waals surface area contributed by atoms with Crippen molar-refractivity contribution >= 4 is 6.29 Å². The maximum atomic E-state index is 10.5. The zero-order chi connectivity index (χ0) is 9.56. The highest BCUT2D eigenvalue weighted by Gasteiger charge is 1.96. The molecule has 0 aliphatic carbocycles. The average Bonchev–Trinajstić information content (AvgIpc) is 1.96. The highest BCUT2D eigenvalue weighted by atomic mass is 16.1. The number of carbonyl (C=O) groups is 1. The molecule has 0 amide bonds. The minimum Gasteiger partial charge on any atom is -0.298 e. The van der Waals surface area contributed by atoms with Crippen molar-refractivity contribution in [2.24, 2.45) is 5.92 Å². The molecule has 0 aromatic carbocycles. The maximum Gasteiger partial charge on any atom is 0.149 e. The fourth-order valence-corrected chi connectivity index (χ4v) is 0.895. The Morgan fingerprint density at radius 1 is 1.50 bits per heavy atom. The van der Waals surface area contributed by atoms with Gasteiger partial charge in [0.1, 0.15) is 6.29 Å². The van der Waals surface area contributed by atoms with Crippen LogP contribution in [-0.2, 0) is 4.79 Å². The molecule has 0 heterocycles. The van der Waals surface area contributed by atoms with Crippen LogP contribution in [0.4, 0.5) is 0 Å². The van der Waals surface area contributed by atoms with Gasteiger partial charge in [-0.25, -0.2) is 0 Å². The van der Waals surface area contributed by atoms with Crippen LogP contribution in [0.1, 0.15) is 33.6 Å². The van der Waals surface area contributed by atoms with E-state index in [0.717, 1.165) is 30.3 Å². The van der Waals surface area contributed by atoms with Crippen LogP contribution in [0, 0.1) is 5.92 Å². The zero-order valence-corrected chi connectivity index (χ0v) is 8.26. The Kier molecular flexibility index (Phi) is 5.35. The molecule has 0 unspecified atom stereocenters. The molecule has 0 saturated heterocycles. The van der Waals surface area contributed by atoms with Crippen LogP contribution < -0.4 is 0 Å². The third-order valence-electron chi connectivity index (χ3n) is 1.73. The second kappa shape index (κ2) is 5.76. The number of hydrogen-bond acceptors (Lipinski definition) is 1. The van der Waals surface area contributed by atoms with Crippen molar-refractivity contribution in [3.05, 3.63) is 23.8 Å². The summed E-state index contributed by atoms with van der Waals surface area (Å²) in [5, 5.41) is 0. The Bertz CT molecular complexity index is 187. The van der Waals surface area contributed by atoms with Gasteiger partial charge in [0.2, 0.25) is 0 Å². The topological polar surface area (TPSA) is 17.1 Å². The summed E-state index contributed by atoms with van der Waals surface area (Å²) in [6, 6.07) is 0. The van der Waals surface area contributed by atoms with Gasteiger partial charge in [-0.05, 0) is 31.3 Å². The number of hydrogen-bond donors (Lipinski definition) is 0. The molecule has 1 heteroatoms. The molecule has 0 aromatic rings. The predicted octanol–water partition coefficient (Wildman–Crippen LogP) is 3.12. The highest BCUT2D eigenvalue weighted by molar-refractivity contribution is 5.79. The van der Waals surface area contributed by atoms with Crippen LogP contribution in [0.3, 0.4) is 0 Å². The van der Waals surface area contributed by atoms with Gasteiger partial charge in [-0.15, -0.1) is 0 Å². The molecule has 0 rings (SSSR count). The third-order valence-corrected chi connectivity index (χ3v) is 1.73. The third kappa shape index (κ3) is 4.89. The highest BCUT2D eigenvalue weighted by Crippen LogP contribution is 2.09. The van der Waals surface area contributed by atoms with E-state index in [4.69, 9.17) is 0 Å². The van der Waals surface area contributed by atoms with Gasteiger partial charge in [0.05, 0.1) is 0 Å². The van der Waals surface area contributed by atoms with Crippen LogP contribution in [-0.4, -0.2) is 6.29 Å². The largest absolute Gasteiger partial charge is 0.298 e.